The van der Waals surface area contributed by atoms with E-state index in [1.807, 2.05) is 0 Å². The average molecular weight is 234 g/mol. The summed E-state index contributed by atoms with van der Waals surface area (Å²) in [5.74, 6) is -1.12. The quantitative estimate of drug-likeness (QED) is 0.597. The Hall–Kier alpha value is -0.910. The van der Waals surface area contributed by atoms with Crippen LogP contribution >= 0.6 is 11.6 Å². The molecule has 6 heteroatoms. The first-order chi connectivity index (χ1) is 6.43. The zero-order chi connectivity index (χ0) is 10.9. The van der Waals surface area contributed by atoms with Crippen LogP contribution < -0.4 is 5.73 Å². The number of halogens is 1. The highest BCUT2D eigenvalue weighted by Crippen LogP contribution is 2.28. The molecular weight excluding hydrogens is 226 g/mol. The molecule has 4 nitrogen and oxygen atoms in total. The number of carboxylic acids is 1. The number of anilines is 1. The maximum atomic E-state index is 11.2. The maximum absolute atomic E-state index is 11.2. The Morgan fingerprint density at radius 3 is 2.64 bits per heavy atom. The molecule has 0 saturated heterocycles. The van der Waals surface area contributed by atoms with Gasteiger partial charge in [-0.15, -0.1) is 0 Å². The van der Waals surface area contributed by atoms with E-state index in [2.05, 4.69) is 0 Å². The Bertz CT molecular complexity index is 381. The lowest BCUT2D eigenvalue weighted by atomic mass is 10.2. The van der Waals surface area contributed by atoms with Crippen molar-refractivity contribution in [3.05, 3.63) is 22.7 Å². The Kier molecular flexibility index (Phi) is 3.25. The van der Waals surface area contributed by atoms with Crippen LogP contribution in [0.2, 0.25) is 5.02 Å². The number of hydrogen-bond donors (Lipinski definition) is 2. The molecule has 0 aliphatic carbocycles. The molecule has 0 aromatic heterocycles. The molecule has 14 heavy (non-hydrogen) atoms. The van der Waals surface area contributed by atoms with Gasteiger partial charge < -0.3 is 15.4 Å². The third kappa shape index (κ3) is 2.12. The summed E-state index contributed by atoms with van der Waals surface area (Å²) in [5.41, 5.74) is 5.57. The first kappa shape index (κ1) is 11.2. The number of benzene rings is 1. The van der Waals surface area contributed by atoms with Gasteiger partial charge in [-0.05, 0) is 17.2 Å². The van der Waals surface area contributed by atoms with Crippen LogP contribution in [-0.4, -0.2) is 21.9 Å². The fourth-order valence-electron chi connectivity index (χ4n) is 0.952. The van der Waals surface area contributed by atoms with E-state index >= 15 is 0 Å². The fraction of sp³-hybridized carbons (Fsp3) is 0.125. The Morgan fingerprint density at radius 2 is 2.21 bits per heavy atom. The van der Waals surface area contributed by atoms with Crippen LogP contribution in [0, 0.1) is 0 Å². The van der Waals surface area contributed by atoms with Crippen molar-refractivity contribution in [3.63, 3.8) is 0 Å². The van der Waals surface area contributed by atoms with Gasteiger partial charge in [0.1, 0.15) is 11.3 Å². The molecule has 0 aliphatic heterocycles. The third-order valence-corrected chi connectivity index (χ3v) is 3.10. The van der Waals surface area contributed by atoms with Crippen LogP contribution in [-0.2, 0) is 11.2 Å². The summed E-state index contributed by atoms with van der Waals surface area (Å²) in [6.45, 7) is 0. The fourth-order valence-corrected chi connectivity index (χ4v) is 2.05. The van der Waals surface area contributed by atoms with Crippen LogP contribution in [0.5, 0.6) is 0 Å². The minimum Gasteiger partial charge on any atom is -0.612 e. The summed E-state index contributed by atoms with van der Waals surface area (Å²) in [6.07, 6.45) is 1.41. The molecule has 0 bridgehead atoms. The lowest BCUT2D eigenvalue weighted by Gasteiger charge is -2.09. The molecule has 0 spiro atoms. The molecule has 1 rings (SSSR count). The van der Waals surface area contributed by atoms with Crippen molar-refractivity contribution in [2.45, 2.75) is 4.90 Å². The Labute approximate surface area is 88.9 Å². The molecule has 0 heterocycles. The summed E-state index contributed by atoms with van der Waals surface area (Å²) in [4.78, 5) is 10.9. The molecule has 3 N–H and O–H groups in total. The van der Waals surface area contributed by atoms with Gasteiger partial charge >= 0.3 is 5.97 Å². The highest BCUT2D eigenvalue weighted by Gasteiger charge is 2.17. The van der Waals surface area contributed by atoms with Crippen LogP contribution in [0.1, 0.15) is 10.4 Å². The van der Waals surface area contributed by atoms with Crippen LogP contribution in [0.15, 0.2) is 17.0 Å². The normalized spacial score (nSPS) is 12.5. The van der Waals surface area contributed by atoms with Crippen LogP contribution in [0.4, 0.5) is 5.69 Å². The highest BCUT2D eigenvalue weighted by atomic mass is 35.5. The van der Waals surface area contributed by atoms with Gasteiger partial charge in [0.05, 0.1) is 11.3 Å². The predicted molar refractivity (Wildman–Crippen MR) is 55.2 cm³/mol. The monoisotopic (exact) mass is 233 g/mol. The molecule has 0 amide bonds. The summed E-state index contributed by atoms with van der Waals surface area (Å²) in [6, 6.07) is 2.50. The number of rotatable bonds is 2. The van der Waals surface area contributed by atoms with E-state index in [0.29, 0.717) is 0 Å². The second-order valence-corrected chi connectivity index (χ2v) is 4.36. The average Bonchev–Trinajstić information content (AvgIpc) is 2.08. The number of carbonyl (C=O) groups is 1. The van der Waals surface area contributed by atoms with E-state index in [4.69, 9.17) is 22.4 Å². The van der Waals surface area contributed by atoms with E-state index < -0.39 is 17.1 Å². The second-order valence-electron chi connectivity index (χ2n) is 2.64. The molecule has 76 valence electrons. The van der Waals surface area contributed by atoms with Gasteiger partial charge in [-0.3, -0.25) is 0 Å². The number of carboxylic acid groups (broad SMARTS) is 1. The summed E-state index contributed by atoms with van der Waals surface area (Å²) < 4.78 is 11.2. The van der Waals surface area contributed by atoms with Crippen molar-refractivity contribution in [2.75, 3.05) is 12.0 Å². The predicted octanol–water partition coefficient (Wildman–Crippen LogP) is 1.36. The van der Waals surface area contributed by atoms with Crippen LogP contribution in [0.3, 0.4) is 0 Å². The molecule has 0 fully saturated rings. The van der Waals surface area contributed by atoms with Gasteiger partial charge in [0, 0.05) is 6.07 Å². The summed E-state index contributed by atoms with van der Waals surface area (Å²) in [7, 11) is 0. The minimum atomic E-state index is -1.35. The van der Waals surface area contributed by atoms with Crippen molar-refractivity contribution in [1.29, 1.82) is 0 Å². The van der Waals surface area contributed by atoms with Gasteiger partial charge in [0.2, 0.25) is 0 Å². The summed E-state index contributed by atoms with van der Waals surface area (Å²) in [5, 5.41) is 8.86. The highest BCUT2D eigenvalue weighted by molar-refractivity contribution is 7.90. The smallest absolute Gasteiger partial charge is 0.335 e. The number of nitrogens with two attached hydrogens (primary N) is 1. The SMILES string of the molecule is C[S+]([O-])c1cc(C(=O)O)cc(N)c1Cl. The van der Waals surface area contributed by atoms with Crippen molar-refractivity contribution in [2.24, 2.45) is 0 Å². The molecule has 1 aromatic rings. The molecule has 1 aromatic carbocycles. The zero-order valence-corrected chi connectivity index (χ0v) is 8.85. The van der Waals surface area contributed by atoms with E-state index in [9.17, 15) is 9.35 Å². The first-order valence-corrected chi connectivity index (χ1v) is 5.53. The number of aromatic carboxylic acids is 1. The topological polar surface area (TPSA) is 86.4 Å². The molecule has 0 saturated carbocycles. The Balaban J connectivity index is 3.35. The third-order valence-electron chi connectivity index (χ3n) is 1.62. The van der Waals surface area contributed by atoms with Gasteiger partial charge in [-0.1, -0.05) is 11.6 Å². The van der Waals surface area contributed by atoms with E-state index in [1.165, 1.54) is 18.4 Å². The van der Waals surface area contributed by atoms with Crippen molar-refractivity contribution < 1.29 is 14.5 Å². The van der Waals surface area contributed by atoms with Gasteiger partial charge in [0.15, 0.2) is 4.90 Å². The van der Waals surface area contributed by atoms with E-state index in [1.54, 1.807) is 0 Å². The molecule has 0 radical (unpaired) electrons. The molecule has 1 atom stereocenters. The van der Waals surface area contributed by atoms with E-state index in [0.717, 1.165) is 0 Å². The zero-order valence-electron chi connectivity index (χ0n) is 7.28. The van der Waals surface area contributed by atoms with Crippen LogP contribution in [0.25, 0.3) is 0 Å². The van der Waals surface area contributed by atoms with Crippen molar-refractivity contribution in [3.8, 4) is 0 Å². The lowest BCUT2D eigenvalue weighted by molar-refractivity contribution is 0.0696. The largest absolute Gasteiger partial charge is 0.612 e. The maximum Gasteiger partial charge on any atom is 0.335 e. The minimum absolute atomic E-state index is 0.0166. The summed E-state index contributed by atoms with van der Waals surface area (Å²) >= 11 is 4.40. The Morgan fingerprint density at radius 1 is 1.64 bits per heavy atom. The molecule has 0 aliphatic rings. The van der Waals surface area contributed by atoms with Crippen molar-refractivity contribution in [1.82, 2.24) is 0 Å². The van der Waals surface area contributed by atoms with Crippen molar-refractivity contribution >= 4 is 34.4 Å². The van der Waals surface area contributed by atoms with Gasteiger partial charge in [-0.25, -0.2) is 4.79 Å². The van der Waals surface area contributed by atoms with E-state index in [-0.39, 0.29) is 21.2 Å². The number of hydrogen-bond acceptors (Lipinski definition) is 3. The van der Waals surface area contributed by atoms with Gasteiger partial charge in [-0.2, -0.15) is 0 Å². The number of nitrogen functional groups attached to an aromatic ring is 1. The lowest BCUT2D eigenvalue weighted by Crippen LogP contribution is -2.05. The first-order valence-electron chi connectivity index (χ1n) is 3.59. The molecule has 1 unspecified atom stereocenters. The standard InChI is InChI=1S/C8H8ClNO3S/c1-14(13)6-3-4(8(11)12)2-5(10)7(6)9/h2-3H,10H2,1H3,(H,11,12). The van der Waals surface area contributed by atoms with Gasteiger partial charge in [0.25, 0.3) is 0 Å². The second kappa shape index (κ2) is 4.08. The molecular formula is C8H8ClNO3S.